The predicted molar refractivity (Wildman–Crippen MR) is 128 cm³/mol. The van der Waals surface area contributed by atoms with Gasteiger partial charge in [-0.1, -0.05) is 45.7 Å². The summed E-state index contributed by atoms with van der Waals surface area (Å²) < 4.78 is 6.80. The minimum atomic E-state index is -0.694. The van der Waals surface area contributed by atoms with Gasteiger partial charge in [0.15, 0.2) is 6.61 Å². The van der Waals surface area contributed by atoms with Crippen molar-refractivity contribution >= 4 is 39.3 Å². The van der Waals surface area contributed by atoms with Gasteiger partial charge < -0.3 is 15.0 Å². The van der Waals surface area contributed by atoms with E-state index >= 15 is 0 Å². The molecular formula is C24H30BrClN2O3. The predicted octanol–water partition coefficient (Wildman–Crippen LogP) is 5.43. The number of nitrogens with zero attached hydrogens (tertiary/aromatic N) is 1. The summed E-state index contributed by atoms with van der Waals surface area (Å²) in [5.41, 5.74) is 2.40. The van der Waals surface area contributed by atoms with Crippen LogP contribution in [0.15, 0.2) is 40.9 Å². The van der Waals surface area contributed by atoms with Crippen LogP contribution >= 0.6 is 27.5 Å². The van der Waals surface area contributed by atoms with Crippen LogP contribution in [-0.4, -0.2) is 34.9 Å². The molecule has 31 heavy (non-hydrogen) atoms. The molecule has 0 aliphatic heterocycles. The first kappa shape index (κ1) is 25.2. The summed E-state index contributed by atoms with van der Waals surface area (Å²) in [5.74, 6) is 0.0778. The minimum Gasteiger partial charge on any atom is -0.484 e. The van der Waals surface area contributed by atoms with E-state index in [1.165, 1.54) is 4.90 Å². The molecule has 2 rings (SSSR count). The molecule has 1 atom stereocenters. The van der Waals surface area contributed by atoms with Crippen LogP contribution in [0.4, 0.5) is 0 Å². The lowest BCUT2D eigenvalue weighted by Crippen LogP contribution is -2.53. The Morgan fingerprint density at radius 1 is 1.16 bits per heavy atom. The Morgan fingerprint density at radius 3 is 2.29 bits per heavy atom. The van der Waals surface area contributed by atoms with Crippen molar-refractivity contribution in [2.24, 2.45) is 0 Å². The summed E-state index contributed by atoms with van der Waals surface area (Å²) in [6.45, 7) is 11.4. The second-order valence-corrected chi connectivity index (χ2v) is 9.89. The zero-order valence-electron chi connectivity index (χ0n) is 18.9. The maximum Gasteiger partial charge on any atom is 0.261 e. The number of carbonyl (C=O) groups is 2. The van der Waals surface area contributed by atoms with E-state index in [1.54, 1.807) is 13.0 Å². The second kappa shape index (κ2) is 10.5. The summed E-state index contributed by atoms with van der Waals surface area (Å²) >= 11 is 9.84. The third-order valence-electron chi connectivity index (χ3n) is 4.74. The number of nitrogens with one attached hydrogen (secondary N) is 1. The van der Waals surface area contributed by atoms with Gasteiger partial charge in [0.25, 0.3) is 5.91 Å². The van der Waals surface area contributed by atoms with Gasteiger partial charge in [-0.15, -0.1) is 0 Å². The molecule has 0 saturated carbocycles. The highest BCUT2D eigenvalue weighted by molar-refractivity contribution is 9.10. The third kappa shape index (κ3) is 7.25. The van der Waals surface area contributed by atoms with Crippen LogP contribution < -0.4 is 10.1 Å². The maximum atomic E-state index is 13.1. The summed E-state index contributed by atoms with van der Waals surface area (Å²) in [7, 11) is 0. The fourth-order valence-electron chi connectivity index (χ4n) is 3.08. The van der Waals surface area contributed by atoms with Gasteiger partial charge in [-0.05, 0) is 76.4 Å². The fourth-order valence-corrected chi connectivity index (χ4v) is 3.51. The van der Waals surface area contributed by atoms with Crippen LogP contribution in [0.25, 0.3) is 0 Å². The molecule has 0 spiro atoms. The molecule has 0 fully saturated rings. The largest absolute Gasteiger partial charge is 0.484 e. The molecule has 168 valence electrons. The normalized spacial score (nSPS) is 12.3. The highest BCUT2D eigenvalue weighted by Crippen LogP contribution is 2.26. The van der Waals surface area contributed by atoms with Crippen LogP contribution in [-0.2, 0) is 16.1 Å². The number of benzene rings is 2. The quantitative estimate of drug-likeness (QED) is 0.541. The van der Waals surface area contributed by atoms with E-state index in [0.29, 0.717) is 10.8 Å². The highest BCUT2D eigenvalue weighted by atomic mass is 79.9. The summed E-state index contributed by atoms with van der Waals surface area (Å²) in [5, 5.41) is 3.48. The number of ether oxygens (including phenoxy) is 1. The van der Waals surface area contributed by atoms with Gasteiger partial charge in [-0.3, -0.25) is 9.59 Å². The molecule has 0 saturated heterocycles. The first-order valence-corrected chi connectivity index (χ1v) is 11.3. The molecule has 2 aromatic rings. The Bertz CT molecular complexity index is 933. The van der Waals surface area contributed by atoms with Gasteiger partial charge >= 0.3 is 0 Å². The van der Waals surface area contributed by atoms with Gasteiger partial charge in [0.1, 0.15) is 11.8 Å². The van der Waals surface area contributed by atoms with Gasteiger partial charge in [0.05, 0.1) is 0 Å². The lowest BCUT2D eigenvalue weighted by atomic mass is 10.1. The zero-order valence-corrected chi connectivity index (χ0v) is 21.2. The smallest absolute Gasteiger partial charge is 0.261 e. The topological polar surface area (TPSA) is 58.6 Å². The van der Waals surface area contributed by atoms with Crippen molar-refractivity contribution in [3.63, 3.8) is 0 Å². The molecule has 0 aliphatic carbocycles. The Morgan fingerprint density at radius 2 is 1.74 bits per heavy atom. The maximum absolute atomic E-state index is 13.1. The molecular weight excluding hydrogens is 480 g/mol. The van der Waals surface area contributed by atoms with Crippen molar-refractivity contribution in [1.29, 1.82) is 0 Å². The summed E-state index contributed by atoms with van der Waals surface area (Å²) in [4.78, 5) is 27.4. The molecule has 0 aliphatic rings. The van der Waals surface area contributed by atoms with E-state index in [9.17, 15) is 9.59 Å². The Kier molecular flexibility index (Phi) is 8.55. The molecule has 2 amide bonds. The van der Waals surface area contributed by atoms with Gasteiger partial charge in [0, 0.05) is 21.6 Å². The number of rotatable bonds is 7. The first-order chi connectivity index (χ1) is 14.4. The van der Waals surface area contributed by atoms with E-state index in [-0.39, 0.29) is 25.0 Å². The van der Waals surface area contributed by atoms with E-state index in [1.807, 2.05) is 65.0 Å². The minimum absolute atomic E-state index is 0.182. The lowest BCUT2D eigenvalue weighted by molar-refractivity contribution is -0.142. The molecule has 5 nitrogen and oxygen atoms in total. The summed E-state index contributed by atoms with van der Waals surface area (Å²) in [6, 6.07) is 10.3. The monoisotopic (exact) mass is 508 g/mol. The lowest BCUT2D eigenvalue weighted by Gasteiger charge is -2.31. The zero-order chi connectivity index (χ0) is 23.3. The van der Waals surface area contributed by atoms with E-state index in [2.05, 4.69) is 21.2 Å². The number of hydrogen-bond acceptors (Lipinski definition) is 3. The number of hydrogen-bond donors (Lipinski definition) is 1. The van der Waals surface area contributed by atoms with Gasteiger partial charge in [-0.2, -0.15) is 0 Å². The van der Waals surface area contributed by atoms with Crippen LogP contribution in [0.2, 0.25) is 5.02 Å². The highest BCUT2D eigenvalue weighted by Gasteiger charge is 2.29. The standard InChI is InChI=1S/C24H30BrClN2O3/c1-15-11-19(12-16(2)22(15)25)31-14-21(29)28(13-18-9-7-8-10-20(18)26)17(3)23(30)27-24(4,5)6/h7-12,17H,13-14H2,1-6H3,(H,27,30)/t17-/m1/s1. The third-order valence-corrected chi connectivity index (χ3v) is 6.36. The van der Waals surface area contributed by atoms with Crippen molar-refractivity contribution in [2.75, 3.05) is 6.61 Å². The van der Waals surface area contributed by atoms with E-state index in [0.717, 1.165) is 21.2 Å². The van der Waals surface area contributed by atoms with E-state index in [4.69, 9.17) is 16.3 Å². The molecule has 0 bridgehead atoms. The number of halogens is 2. The van der Waals surface area contributed by atoms with Crippen LogP contribution in [0.3, 0.4) is 0 Å². The Hall–Kier alpha value is -2.05. The van der Waals surface area contributed by atoms with Crippen molar-refractivity contribution in [3.8, 4) is 5.75 Å². The van der Waals surface area contributed by atoms with Crippen LogP contribution in [0.5, 0.6) is 5.75 Å². The Balaban J connectivity index is 2.23. The van der Waals surface area contributed by atoms with Crippen LogP contribution in [0.1, 0.15) is 44.4 Å². The van der Waals surface area contributed by atoms with Crippen molar-refractivity contribution in [2.45, 2.75) is 59.7 Å². The average molecular weight is 510 g/mol. The molecule has 0 heterocycles. The molecule has 2 aromatic carbocycles. The molecule has 7 heteroatoms. The van der Waals surface area contributed by atoms with Crippen molar-refractivity contribution in [1.82, 2.24) is 10.2 Å². The van der Waals surface area contributed by atoms with Gasteiger partial charge in [0.2, 0.25) is 5.91 Å². The fraction of sp³-hybridized carbons (Fsp3) is 0.417. The number of aryl methyl sites for hydroxylation is 2. The van der Waals surface area contributed by atoms with Gasteiger partial charge in [-0.25, -0.2) is 0 Å². The second-order valence-electron chi connectivity index (χ2n) is 8.69. The van der Waals surface area contributed by atoms with Crippen LogP contribution in [0, 0.1) is 13.8 Å². The number of amides is 2. The molecule has 0 unspecified atom stereocenters. The number of carbonyl (C=O) groups excluding carboxylic acids is 2. The molecule has 0 aromatic heterocycles. The SMILES string of the molecule is Cc1cc(OCC(=O)N(Cc2ccccc2Cl)[C@H](C)C(=O)NC(C)(C)C)cc(C)c1Br. The Labute approximate surface area is 198 Å². The molecule has 1 N–H and O–H groups in total. The van der Waals surface area contributed by atoms with Crippen molar-refractivity contribution in [3.05, 3.63) is 62.6 Å². The first-order valence-electron chi connectivity index (χ1n) is 10.1. The molecule has 0 radical (unpaired) electrons. The average Bonchev–Trinajstić information content (AvgIpc) is 2.67. The summed E-state index contributed by atoms with van der Waals surface area (Å²) in [6.07, 6.45) is 0. The van der Waals surface area contributed by atoms with Crippen molar-refractivity contribution < 1.29 is 14.3 Å². The van der Waals surface area contributed by atoms with E-state index < -0.39 is 11.6 Å².